The predicted molar refractivity (Wildman–Crippen MR) is 63.7 cm³/mol. The molecule has 0 aliphatic carbocycles. The first-order valence-corrected chi connectivity index (χ1v) is 5.76. The van der Waals surface area contributed by atoms with E-state index in [1.54, 1.807) is 0 Å². The summed E-state index contributed by atoms with van der Waals surface area (Å²) in [6.45, 7) is 6.04. The number of carbonyl (C=O) groups is 2. The number of hydrogen-bond acceptors (Lipinski definition) is 4. The first kappa shape index (κ1) is 13.5. The Labute approximate surface area is 101 Å². The third-order valence-electron chi connectivity index (χ3n) is 2.22. The van der Waals surface area contributed by atoms with Crippen molar-refractivity contribution >= 4 is 18.0 Å². The standard InChI is InChI=1S/C11H19N3O3/c1-4-5-6-17-10(16)13-9-12-8(15)7-11(2,3)14-9/h4-7H2,1-3H3,(H2,12,13,14,15,16). The SMILES string of the molecule is CCCCOC(=O)NC1=NC(C)(C)CC(=O)N1. The van der Waals surface area contributed by atoms with Crippen molar-refractivity contribution in [1.82, 2.24) is 10.6 Å². The van der Waals surface area contributed by atoms with Crippen LogP contribution in [-0.4, -0.2) is 30.1 Å². The molecule has 0 atom stereocenters. The van der Waals surface area contributed by atoms with Crippen LogP contribution in [0.1, 0.15) is 40.0 Å². The zero-order valence-corrected chi connectivity index (χ0v) is 10.5. The predicted octanol–water partition coefficient (Wildman–Crippen LogP) is 1.17. The first-order chi connectivity index (χ1) is 7.93. The summed E-state index contributed by atoms with van der Waals surface area (Å²) in [6, 6.07) is 0. The van der Waals surface area contributed by atoms with E-state index in [2.05, 4.69) is 15.6 Å². The van der Waals surface area contributed by atoms with Gasteiger partial charge in [0.25, 0.3) is 0 Å². The van der Waals surface area contributed by atoms with Crippen molar-refractivity contribution in [2.24, 2.45) is 4.99 Å². The number of amides is 2. The Hall–Kier alpha value is -1.59. The van der Waals surface area contributed by atoms with Gasteiger partial charge in [0.15, 0.2) is 0 Å². The number of aliphatic imine (C=N–C) groups is 1. The molecular formula is C11H19N3O3. The minimum absolute atomic E-state index is 0.158. The molecule has 17 heavy (non-hydrogen) atoms. The van der Waals surface area contributed by atoms with Crippen molar-refractivity contribution in [3.05, 3.63) is 0 Å². The van der Waals surface area contributed by atoms with Crippen molar-refractivity contribution in [1.29, 1.82) is 0 Å². The van der Waals surface area contributed by atoms with Crippen LogP contribution in [0.15, 0.2) is 4.99 Å². The number of carbonyl (C=O) groups excluding carboxylic acids is 2. The Morgan fingerprint density at radius 2 is 2.29 bits per heavy atom. The lowest BCUT2D eigenvalue weighted by molar-refractivity contribution is -0.121. The summed E-state index contributed by atoms with van der Waals surface area (Å²) in [5.74, 6) is 0.00149. The Bertz CT molecular complexity index is 337. The second-order valence-electron chi connectivity index (χ2n) is 4.61. The van der Waals surface area contributed by atoms with Gasteiger partial charge >= 0.3 is 6.09 Å². The number of hydrogen-bond donors (Lipinski definition) is 2. The molecule has 1 aliphatic heterocycles. The fraction of sp³-hybridized carbons (Fsp3) is 0.727. The van der Waals surface area contributed by atoms with E-state index in [0.29, 0.717) is 13.0 Å². The molecule has 0 radical (unpaired) electrons. The second-order valence-corrected chi connectivity index (χ2v) is 4.61. The molecule has 6 heteroatoms. The molecule has 6 nitrogen and oxygen atoms in total. The lowest BCUT2D eigenvalue weighted by Crippen LogP contribution is -2.50. The number of unbranched alkanes of at least 4 members (excludes halogenated alkanes) is 1. The highest BCUT2D eigenvalue weighted by atomic mass is 16.5. The normalized spacial score (nSPS) is 18.1. The van der Waals surface area contributed by atoms with Gasteiger partial charge in [-0.1, -0.05) is 13.3 Å². The molecule has 0 spiro atoms. The maximum atomic E-state index is 11.3. The van der Waals surface area contributed by atoms with Crippen LogP contribution in [0.25, 0.3) is 0 Å². The zero-order chi connectivity index (χ0) is 12.9. The summed E-state index contributed by atoms with van der Waals surface area (Å²) in [6.07, 6.45) is 1.49. The minimum atomic E-state index is -0.588. The summed E-state index contributed by atoms with van der Waals surface area (Å²) >= 11 is 0. The van der Waals surface area contributed by atoms with Crippen LogP contribution in [0, 0.1) is 0 Å². The van der Waals surface area contributed by atoms with E-state index in [-0.39, 0.29) is 11.9 Å². The smallest absolute Gasteiger partial charge is 0.413 e. The largest absolute Gasteiger partial charge is 0.449 e. The summed E-state index contributed by atoms with van der Waals surface area (Å²) < 4.78 is 4.91. The van der Waals surface area contributed by atoms with Gasteiger partial charge < -0.3 is 4.74 Å². The van der Waals surface area contributed by atoms with E-state index in [9.17, 15) is 9.59 Å². The molecule has 0 bridgehead atoms. The van der Waals surface area contributed by atoms with Crippen LogP contribution in [0.3, 0.4) is 0 Å². The molecule has 2 N–H and O–H groups in total. The fourth-order valence-corrected chi connectivity index (χ4v) is 1.44. The molecule has 0 saturated carbocycles. The number of nitrogens with zero attached hydrogens (tertiary/aromatic N) is 1. The molecule has 1 rings (SSSR count). The van der Waals surface area contributed by atoms with Gasteiger partial charge in [-0.15, -0.1) is 0 Å². The maximum Gasteiger partial charge on any atom is 0.413 e. The molecule has 0 aromatic carbocycles. The minimum Gasteiger partial charge on any atom is -0.449 e. The summed E-state index contributed by atoms with van der Waals surface area (Å²) in [5, 5.41) is 4.91. The van der Waals surface area contributed by atoms with Crippen molar-refractivity contribution in [2.45, 2.75) is 45.6 Å². The summed E-state index contributed by atoms with van der Waals surface area (Å²) in [7, 11) is 0. The van der Waals surface area contributed by atoms with Gasteiger partial charge in [-0.25, -0.2) is 9.79 Å². The van der Waals surface area contributed by atoms with Crippen LogP contribution in [0.4, 0.5) is 4.79 Å². The van der Waals surface area contributed by atoms with E-state index in [1.807, 2.05) is 20.8 Å². The molecule has 0 aromatic heterocycles. The second kappa shape index (κ2) is 5.65. The summed E-state index contributed by atoms with van der Waals surface area (Å²) in [4.78, 5) is 26.9. The Morgan fingerprint density at radius 1 is 1.59 bits per heavy atom. The molecule has 1 aliphatic rings. The number of nitrogens with one attached hydrogen (secondary N) is 2. The summed E-state index contributed by atoms with van der Waals surface area (Å²) in [5.41, 5.74) is -0.492. The van der Waals surface area contributed by atoms with Crippen LogP contribution < -0.4 is 10.6 Å². The number of alkyl carbamates (subject to hydrolysis) is 1. The van der Waals surface area contributed by atoms with Gasteiger partial charge in [0.1, 0.15) is 0 Å². The van der Waals surface area contributed by atoms with Gasteiger partial charge in [-0.2, -0.15) is 0 Å². The Morgan fingerprint density at radius 3 is 2.88 bits per heavy atom. The van der Waals surface area contributed by atoms with E-state index >= 15 is 0 Å². The Kier molecular flexibility index (Phi) is 4.48. The van der Waals surface area contributed by atoms with Gasteiger partial charge in [-0.3, -0.25) is 15.4 Å². The van der Waals surface area contributed by atoms with Gasteiger partial charge in [-0.05, 0) is 20.3 Å². The molecule has 1 heterocycles. The molecule has 0 saturated heterocycles. The van der Waals surface area contributed by atoms with Crippen LogP contribution in [-0.2, 0) is 9.53 Å². The van der Waals surface area contributed by atoms with Crippen molar-refractivity contribution in [3.8, 4) is 0 Å². The average molecular weight is 241 g/mol. The fourth-order valence-electron chi connectivity index (χ4n) is 1.44. The van der Waals surface area contributed by atoms with E-state index in [0.717, 1.165) is 12.8 Å². The van der Waals surface area contributed by atoms with Gasteiger partial charge in [0, 0.05) is 0 Å². The molecule has 0 aromatic rings. The van der Waals surface area contributed by atoms with Crippen LogP contribution in [0.2, 0.25) is 0 Å². The molecule has 0 fully saturated rings. The van der Waals surface area contributed by atoms with E-state index in [4.69, 9.17) is 4.74 Å². The molecule has 2 amide bonds. The number of rotatable bonds is 3. The quantitative estimate of drug-likeness (QED) is 0.728. The van der Waals surface area contributed by atoms with Crippen molar-refractivity contribution < 1.29 is 14.3 Å². The topological polar surface area (TPSA) is 79.8 Å². The highest BCUT2D eigenvalue weighted by Gasteiger charge is 2.28. The highest BCUT2D eigenvalue weighted by molar-refractivity contribution is 6.04. The number of ether oxygens (including phenoxy) is 1. The van der Waals surface area contributed by atoms with E-state index in [1.165, 1.54) is 0 Å². The maximum absolute atomic E-state index is 11.3. The average Bonchev–Trinajstić information content (AvgIpc) is 2.14. The van der Waals surface area contributed by atoms with Gasteiger partial charge in [0.05, 0.1) is 18.6 Å². The lowest BCUT2D eigenvalue weighted by Gasteiger charge is -2.26. The monoisotopic (exact) mass is 241 g/mol. The zero-order valence-electron chi connectivity index (χ0n) is 10.5. The van der Waals surface area contributed by atoms with Crippen LogP contribution >= 0.6 is 0 Å². The Balaban J connectivity index is 2.48. The molecule has 0 unspecified atom stereocenters. The third kappa shape index (κ3) is 4.84. The lowest BCUT2D eigenvalue weighted by atomic mass is 10.0. The molecule has 96 valence electrons. The number of guanidine groups is 1. The van der Waals surface area contributed by atoms with E-state index < -0.39 is 11.6 Å². The first-order valence-electron chi connectivity index (χ1n) is 5.76. The van der Waals surface area contributed by atoms with Crippen molar-refractivity contribution in [3.63, 3.8) is 0 Å². The highest BCUT2D eigenvalue weighted by Crippen LogP contribution is 2.16. The third-order valence-corrected chi connectivity index (χ3v) is 2.22. The van der Waals surface area contributed by atoms with Crippen molar-refractivity contribution in [2.75, 3.05) is 6.61 Å². The molecular weight excluding hydrogens is 222 g/mol. The van der Waals surface area contributed by atoms with Crippen LogP contribution in [0.5, 0.6) is 0 Å². The van der Waals surface area contributed by atoms with Gasteiger partial charge in [0.2, 0.25) is 11.9 Å².